The summed E-state index contributed by atoms with van der Waals surface area (Å²) in [7, 11) is 0. The van der Waals surface area contributed by atoms with Gasteiger partial charge in [-0.15, -0.1) is 0 Å². The van der Waals surface area contributed by atoms with Crippen molar-refractivity contribution in [2.45, 2.75) is 6.54 Å². The van der Waals surface area contributed by atoms with E-state index >= 15 is 0 Å². The fourth-order valence-corrected chi connectivity index (χ4v) is 8.33. The molecule has 9 aromatic carbocycles. The molecule has 1 heterocycles. The first kappa shape index (κ1) is 36.5. The van der Waals surface area contributed by atoms with Gasteiger partial charge in [-0.1, -0.05) is 176 Å². The maximum atomic E-state index is 6.96. The molecule has 60 heavy (non-hydrogen) atoms. The second-order valence-corrected chi connectivity index (χ2v) is 15.2. The van der Waals surface area contributed by atoms with E-state index in [-0.39, 0.29) is 0 Å². The SMILES string of the molecule is Nc1cc(-c2ccc(-c3ccccc3)cc2)ccc1C(=NCc1cc(-c2ccc(-c3ccccn3)cc2)cc(-c2c3ccccc3cc3ccccc23)c1)c1ccccc1. The molecule has 0 saturated carbocycles. The molecule has 0 radical (unpaired) electrons. The number of nitrogens with two attached hydrogens (primary N) is 1. The second-order valence-electron chi connectivity index (χ2n) is 15.2. The average Bonchev–Trinajstić information content (AvgIpc) is 3.32. The fourth-order valence-electron chi connectivity index (χ4n) is 8.33. The number of fused-ring (bicyclic) bond motifs is 2. The van der Waals surface area contributed by atoms with Gasteiger partial charge in [0.15, 0.2) is 0 Å². The summed E-state index contributed by atoms with van der Waals surface area (Å²) in [6, 6.07) is 77.2. The topological polar surface area (TPSA) is 51.3 Å². The number of anilines is 1. The first-order valence-corrected chi connectivity index (χ1v) is 20.4. The molecule has 0 aliphatic heterocycles. The van der Waals surface area contributed by atoms with Crippen LogP contribution in [0.15, 0.2) is 230 Å². The molecule has 0 spiro atoms. The van der Waals surface area contributed by atoms with Gasteiger partial charge < -0.3 is 5.73 Å². The molecule has 10 aromatic rings. The van der Waals surface area contributed by atoms with Crippen molar-refractivity contribution in [2.24, 2.45) is 4.99 Å². The van der Waals surface area contributed by atoms with Crippen molar-refractivity contribution < 1.29 is 0 Å². The molecule has 0 fully saturated rings. The van der Waals surface area contributed by atoms with E-state index in [9.17, 15) is 0 Å². The summed E-state index contributed by atoms with van der Waals surface area (Å²) in [5.74, 6) is 0. The molecular formula is C57H41N3. The predicted molar refractivity (Wildman–Crippen MR) is 253 cm³/mol. The predicted octanol–water partition coefficient (Wildman–Crippen LogP) is 14.3. The van der Waals surface area contributed by atoms with E-state index in [0.29, 0.717) is 12.2 Å². The van der Waals surface area contributed by atoms with E-state index in [0.717, 1.165) is 61.5 Å². The Morgan fingerprint density at radius 3 is 1.60 bits per heavy atom. The van der Waals surface area contributed by atoms with Crippen LogP contribution >= 0.6 is 0 Å². The van der Waals surface area contributed by atoms with Crippen molar-refractivity contribution in [2.75, 3.05) is 5.73 Å². The molecule has 10 rings (SSSR count). The molecule has 0 amide bonds. The minimum atomic E-state index is 0.460. The maximum Gasteiger partial charge on any atom is 0.0743 e. The molecule has 284 valence electrons. The maximum absolute atomic E-state index is 6.96. The first-order valence-electron chi connectivity index (χ1n) is 20.4. The fraction of sp³-hybridized carbons (Fsp3) is 0.0175. The number of nitrogen functional groups attached to an aromatic ring is 1. The second kappa shape index (κ2) is 16.2. The number of hydrogen-bond acceptors (Lipinski definition) is 3. The lowest BCUT2D eigenvalue weighted by molar-refractivity contribution is 1.07. The minimum Gasteiger partial charge on any atom is -0.398 e. The summed E-state index contributed by atoms with van der Waals surface area (Å²) in [5.41, 5.74) is 22.8. The summed E-state index contributed by atoms with van der Waals surface area (Å²) in [6.45, 7) is 0.460. The largest absolute Gasteiger partial charge is 0.398 e. The Hall–Kier alpha value is -7.88. The van der Waals surface area contributed by atoms with E-state index in [2.05, 4.69) is 193 Å². The highest BCUT2D eigenvalue weighted by Gasteiger charge is 2.16. The van der Waals surface area contributed by atoms with Crippen molar-refractivity contribution in [1.29, 1.82) is 0 Å². The molecule has 0 aliphatic rings. The summed E-state index contributed by atoms with van der Waals surface area (Å²) >= 11 is 0. The third kappa shape index (κ3) is 7.37. The Balaban J connectivity index is 1.07. The van der Waals surface area contributed by atoms with Crippen molar-refractivity contribution in [3.05, 3.63) is 241 Å². The van der Waals surface area contributed by atoms with Gasteiger partial charge in [0.05, 0.1) is 18.0 Å². The smallest absolute Gasteiger partial charge is 0.0743 e. The third-order valence-electron chi connectivity index (χ3n) is 11.3. The normalized spacial score (nSPS) is 11.6. The quantitative estimate of drug-likeness (QED) is 0.0903. The van der Waals surface area contributed by atoms with Crippen LogP contribution in [-0.2, 0) is 6.54 Å². The molecule has 0 unspecified atom stereocenters. The Labute approximate surface area is 350 Å². The van der Waals surface area contributed by atoms with Crippen LogP contribution < -0.4 is 5.73 Å². The lowest BCUT2D eigenvalue weighted by atomic mass is 9.89. The van der Waals surface area contributed by atoms with Crippen molar-refractivity contribution >= 4 is 32.9 Å². The van der Waals surface area contributed by atoms with Crippen LogP contribution in [0.3, 0.4) is 0 Å². The highest BCUT2D eigenvalue weighted by Crippen LogP contribution is 2.39. The highest BCUT2D eigenvalue weighted by molar-refractivity contribution is 6.16. The lowest BCUT2D eigenvalue weighted by Crippen LogP contribution is -2.08. The van der Waals surface area contributed by atoms with Gasteiger partial charge in [0.25, 0.3) is 0 Å². The molecule has 3 nitrogen and oxygen atoms in total. The molecule has 0 aliphatic carbocycles. The third-order valence-corrected chi connectivity index (χ3v) is 11.3. The van der Waals surface area contributed by atoms with Crippen LogP contribution in [0.5, 0.6) is 0 Å². The van der Waals surface area contributed by atoms with Gasteiger partial charge in [0.1, 0.15) is 0 Å². The summed E-state index contributed by atoms with van der Waals surface area (Å²) in [5, 5.41) is 4.88. The zero-order valence-corrected chi connectivity index (χ0v) is 33.0. The van der Waals surface area contributed by atoms with E-state index in [1.54, 1.807) is 0 Å². The van der Waals surface area contributed by atoms with Crippen LogP contribution in [0, 0.1) is 0 Å². The van der Waals surface area contributed by atoms with Gasteiger partial charge in [-0.2, -0.15) is 0 Å². The zero-order valence-electron chi connectivity index (χ0n) is 33.0. The van der Waals surface area contributed by atoms with Crippen LogP contribution in [0.4, 0.5) is 5.69 Å². The number of nitrogens with zero attached hydrogens (tertiary/aromatic N) is 2. The summed E-state index contributed by atoms with van der Waals surface area (Å²) in [6.07, 6.45) is 1.84. The van der Waals surface area contributed by atoms with Crippen molar-refractivity contribution in [3.63, 3.8) is 0 Å². The number of benzene rings is 9. The van der Waals surface area contributed by atoms with Gasteiger partial charge in [0.2, 0.25) is 0 Å². The van der Waals surface area contributed by atoms with Gasteiger partial charge in [-0.25, -0.2) is 0 Å². The van der Waals surface area contributed by atoms with Crippen molar-refractivity contribution in [1.82, 2.24) is 4.98 Å². The van der Waals surface area contributed by atoms with Crippen molar-refractivity contribution in [3.8, 4) is 55.8 Å². The number of rotatable bonds is 9. The molecule has 0 bridgehead atoms. The number of aromatic nitrogens is 1. The number of pyridine rings is 1. The average molecular weight is 768 g/mol. The number of hydrogen-bond donors (Lipinski definition) is 1. The van der Waals surface area contributed by atoms with Crippen LogP contribution in [0.1, 0.15) is 16.7 Å². The van der Waals surface area contributed by atoms with Gasteiger partial charge in [-0.05, 0) is 114 Å². The highest BCUT2D eigenvalue weighted by atomic mass is 14.7. The minimum absolute atomic E-state index is 0.460. The van der Waals surface area contributed by atoms with Crippen LogP contribution in [-0.4, -0.2) is 10.7 Å². The van der Waals surface area contributed by atoms with E-state index in [1.807, 2.05) is 36.5 Å². The Kier molecular flexibility index (Phi) is 9.82. The van der Waals surface area contributed by atoms with E-state index in [1.165, 1.54) is 38.2 Å². The first-order chi connectivity index (χ1) is 29.6. The standard InChI is InChI=1S/C57H41N3/c58-54-37-46(42-24-22-41(23-25-42)40-13-3-1-4-14-40)30-31-53(54)57(45-15-5-2-6-16-45)60-38-39-33-49(43-26-28-44(29-27-43)55-21-11-12-32-59-55)36-50(34-39)56-51-19-9-7-17-47(51)35-48-18-8-10-20-52(48)56/h1-37H,38,58H2. The molecule has 1 aromatic heterocycles. The van der Waals surface area contributed by atoms with E-state index < -0.39 is 0 Å². The van der Waals surface area contributed by atoms with Crippen LogP contribution in [0.2, 0.25) is 0 Å². The Morgan fingerprint density at radius 1 is 0.417 bits per heavy atom. The molecule has 2 N–H and O–H groups in total. The molecular weight excluding hydrogens is 727 g/mol. The summed E-state index contributed by atoms with van der Waals surface area (Å²) in [4.78, 5) is 10.0. The van der Waals surface area contributed by atoms with Gasteiger partial charge >= 0.3 is 0 Å². The Morgan fingerprint density at radius 2 is 0.950 bits per heavy atom. The number of aliphatic imine (C=N–C) groups is 1. The van der Waals surface area contributed by atoms with Gasteiger partial charge in [0, 0.05) is 28.6 Å². The van der Waals surface area contributed by atoms with Gasteiger partial charge in [-0.3, -0.25) is 9.98 Å². The summed E-state index contributed by atoms with van der Waals surface area (Å²) < 4.78 is 0. The monoisotopic (exact) mass is 767 g/mol. The Bertz CT molecular complexity index is 3080. The van der Waals surface area contributed by atoms with E-state index in [4.69, 9.17) is 10.7 Å². The lowest BCUT2D eigenvalue weighted by Gasteiger charge is -2.16. The zero-order chi connectivity index (χ0) is 40.3. The molecule has 0 atom stereocenters. The van der Waals surface area contributed by atoms with Crippen LogP contribution in [0.25, 0.3) is 77.3 Å². The molecule has 0 saturated heterocycles. The molecule has 3 heteroatoms.